The average Bonchev–Trinajstić information content (AvgIpc) is 3.65. The number of rotatable bonds is 12. The summed E-state index contributed by atoms with van der Waals surface area (Å²) in [6, 6.07) is 25.8. The molecule has 242 valence electrons. The maximum absolute atomic E-state index is 14.7. The van der Waals surface area contributed by atoms with Crippen LogP contribution >= 0.6 is 11.8 Å². The highest BCUT2D eigenvalue weighted by Gasteiger charge is 2.77. The van der Waals surface area contributed by atoms with Crippen molar-refractivity contribution in [3.8, 4) is 0 Å². The predicted molar refractivity (Wildman–Crippen MR) is 184 cm³/mol. The summed E-state index contributed by atoms with van der Waals surface area (Å²) in [6.45, 7) is 8.13. The Labute approximate surface area is 275 Å². The Morgan fingerprint density at radius 1 is 0.935 bits per heavy atom. The van der Waals surface area contributed by atoms with Crippen molar-refractivity contribution in [3.63, 3.8) is 0 Å². The zero-order valence-corrected chi connectivity index (χ0v) is 27.6. The van der Waals surface area contributed by atoms with E-state index in [1.54, 1.807) is 16.7 Å². The zero-order valence-electron chi connectivity index (χ0n) is 26.8. The highest BCUT2D eigenvalue weighted by molar-refractivity contribution is 8.02. The third-order valence-electron chi connectivity index (χ3n) is 10.2. The quantitative estimate of drug-likeness (QED) is 0.261. The second kappa shape index (κ2) is 13.1. The zero-order chi connectivity index (χ0) is 32.5. The van der Waals surface area contributed by atoms with Gasteiger partial charge in [-0.1, -0.05) is 60.7 Å². The van der Waals surface area contributed by atoms with E-state index in [-0.39, 0.29) is 24.3 Å². The van der Waals surface area contributed by atoms with E-state index in [1.807, 2.05) is 84.9 Å². The molecule has 9 heteroatoms. The molecule has 3 N–H and O–H groups in total. The minimum absolute atomic E-state index is 0.157. The third-order valence-corrected chi connectivity index (χ3v) is 12.2. The fraction of sp³-hybridized carbons (Fsp3) is 0.432. The Balaban J connectivity index is 1.33. The van der Waals surface area contributed by atoms with Crippen LogP contribution < -0.4 is 15.5 Å². The lowest BCUT2D eigenvalue weighted by Crippen LogP contribution is -2.55. The van der Waals surface area contributed by atoms with Crippen LogP contribution in [0.5, 0.6) is 0 Å². The van der Waals surface area contributed by atoms with Crippen LogP contribution in [-0.4, -0.2) is 69.0 Å². The number of carbonyl (C=O) groups is 3. The van der Waals surface area contributed by atoms with Crippen molar-refractivity contribution in [1.82, 2.24) is 10.2 Å². The Bertz CT molecular complexity index is 1550. The fourth-order valence-electron chi connectivity index (χ4n) is 8.04. The van der Waals surface area contributed by atoms with E-state index in [4.69, 9.17) is 0 Å². The first-order chi connectivity index (χ1) is 22.2. The van der Waals surface area contributed by atoms with E-state index < -0.39 is 33.4 Å². The summed E-state index contributed by atoms with van der Waals surface area (Å²) in [4.78, 5) is 47.0. The molecule has 3 aliphatic heterocycles. The SMILES string of the molecule is CCN(CC)c1ccc(NC(=O)C2N([C@@H](CO)Cc3ccccc3)C(=O)[C@@H]3[C@H](C(=O)NCc4ccccc4)[C@]4(C)CCC23S4)cc1. The Hall–Kier alpha value is -3.82. The lowest BCUT2D eigenvalue weighted by molar-refractivity contribution is -0.142. The molecule has 6 rings (SSSR count). The molecule has 0 aliphatic carbocycles. The van der Waals surface area contributed by atoms with Gasteiger partial charge in [0.1, 0.15) is 6.04 Å². The van der Waals surface area contributed by atoms with E-state index in [0.29, 0.717) is 25.1 Å². The molecule has 8 nitrogen and oxygen atoms in total. The number of nitrogens with one attached hydrogen (secondary N) is 2. The maximum Gasteiger partial charge on any atom is 0.248 e. The normalized spacial score (nSPS) is 26.9. The van der Waals surface area contributed by atoms with Gasteiger partial charge < -0.3 is 25.5 Å². The van der Waals surface area contributed by atoms with E-state index >= 15 is 0 Å². The molecule has 3 saturated heterocycles. The number of amides is 3. The van der Waals surface area contributed by atoms with Gasteiger partial charge in [0.2, 0.25) is 17.7 Å². The van der Waals surface area contributed by atoms with Crippen molar-refractivity contribution in [3.05, 3.63) is 96.1 Å². The number of aliphatic hydroxyl groups is 1. The molecule has 0 aromatic heterocycles. The molecule has 0 saturated carbocycles. The molecule has 3 fully saturated rings. The van der Waals surface area contributed by atoms with Gasteiger partial charge in [0.25, 0.3) is 0 Å². The van der Waals surface area contributed by atoms with Crippen molar-refractivity contribution in [1.29, 1.82) is 0 Å². The molecule has 3 heterocycles. The van der Waals surface area contributed by atoms with Gasteiger partial charge in [-0.2, -0.15) is 0 Å². The highest BCUT2D eigenvalue weighted by Crippen LogP contribution is 2.71. The van der Waals surface area contributed by atoms with E-state index in [0.717, 1.165) is 36.3 Å². The molecule has 2 bridgehead atoms. The molecule has 0 radical (unpaired) electrons. The van der Waals surface area contributed by atoms with Crippen LogP contribution in [0, 0.1) is 11.8 Å². The monoisotopic (exact) mass is 640 g/mol. The highest BCUT2D eigenvalue weighted by atomic mass is 32.2. The molecule has 46 heavy (non-hydrogen) atoms. The van der Waals surface area contributed by atoms with Crippen LogP contribution in [0.15, 0.2) is 84.9 Å². The van der Waals surface area contributed by atoms with Gasteiger partial charge in [0.05, 0.1) is 29.2 Å². The number of anilines is 2. The van der Waals surface area contributed by atoms with Gasteiger partial charge in [-0.15, -0.1) is 11.8 Å². The van der Waals surface area contributed by atoms with Gasteiger partial charge in [-0.3, -0.25) is 14.4 Å². The summed E-state index contributed by atoms with van der Waals surface area (Å²) < 4.78 is -1.26. The summed E-state index contributed by atoms with van der Waals surface area (Å²) in [5.74, 6) is -1.91. The van der Waals surface area contributed by atoms with Crippen LogP contribution in [0.1, 0.15) is 44.7 Å². The number of hydrogen-bond acceptors (Lipinski definition) is 6. The number of likely N-dealkylation sites (tertiary alicyclic amines) is 1. The largest absolute Gasteiger partial charge is 0.394 e. The van der Waals surface area contributed by atoms with Crippen LogP contribution in [0.4, 0.5) is 11.4 Å². The second-order valence-electron chi connectivity index (χ2n) is 12.9. The predicted octanol–water partition coefficient (Wildman–Crippen LogP) is 4.87. The van der Waals surface area contributed by atoms with Crippen LogP contribution in [0.25, 0.3) is 0 Å². The number of aliphatic hydroxyl groups excluding tert-OH is 1. The fourth-order valence-corrected chi connectivity index (χ4v) is 10.4. The standard InChI is InChI=1S/C37H44N4O4S/c1-4-40(5-2)28-18-16-27(17-19-28)39-34(44)32-37-21-20-36(3,46-37)30(33(43)38-23-26-14-10-7-11-15-26)31(37)35(45)41(32)29(24-42)22-25-12-8-6-9-13-25/h6-19,29-32,42H,4-5,20-24H2,1-3H3,(H,38,43)(H,39,44)/t29-,30-,31+,32?,36+,37?/m1/s1. The number of hydrogen-bond donors (Lipinski definition) is 3. The Morgan fingerprint density at radius 2 is 1.57 bits per heavy atom. The van der Waals surface area contributed by atoms with E-state index in [2.05, 4.69) is 36.3 Å². The molecule has 3 aromatic rings. The number of carbonyl (C=O) groups excluding carboxylic acids is 3. The van der Waals surface area contributed by atoms with Crippen molar-refractivity contribution in [2.75, 3.05) is 29.9 Å². The first kappa shape index (κ1) is 32.1. The molecule has 1 spiro atoms. The first-order valence-corrected chi connectivity index (χ1v) is 17.2. The van der Waals surface area contributed by atoms with Crippen molar-refractivity contribution in [2.24, 2.45) is 11.8 Å². The molecule has 2 unspecified atom stereocenters. The summed E-state index contributed by atoms with van der Waals surface area (Å²) in [5, 5.41) is 17.0. The molecular formula is C37H44N4O4S. The summed E-state index contributed by atoms with van der Waals surface area (Å²) >= 11 is 1.64. The van der Waals surface area contributed by atoms with Crippen LogP contribution in [0.3, 0.4) is 0 Å². The van der Waals surface area contributed by atoms with Crippen LogP contribution in [-0.2, 0) is 27.3 Å². The molecule has 3 amide bonds. The molecular weight excluding hydrogens is 596 g/mol. The summed E-state index contributed by atoms with van der Waals surface area (Å²) in [6.07, 6.45) is 1.77. The lowest BCUT2D eigenvalue weighted by Gasteiger charge is -2.37. The number of fused-ring (bicyclic) bond motifs is 1. The van der Waals surface area contributed by atoms with Gasteiger partial charge in [-0.05, 0) is 75.4 Å². The van der Waals surface area contributed by atoms with Gasteiger partial charge >= 0.3 is 0 Å². The summed E-state index contributed by atoms with van der Waals surface area (Å²) in [7, 11) is 0. The van der Waals surface area contributed by atoms with Gasteiger partial charge in [-0.25, -0.2) is 0 Å². The minimum Gasteiger partial charge on any atom is -0.394 e. The van der Waals surface area contributed by atoms with Gasteiger partial charge in [0, 0.05) is 35.8 Å². The first-order valence-electron chi connectivity index (χ1n) is 16.4. The van der Waals surface area contributed by atoms with Crippen molar-refractivity contribution in [2.45, 2.75) is 68.2 Å². The maximum atomic E-state index is 14.7. The molecule has 6 atom stereocenters. The number of thioether (sulfide) groups is 1. The lowest BCUT2D eigenvalue weighted by atomic mass is 9.66. The third kappa shape index (κ3) is 5.68. The molecule has 3 aromatic carbocycles. The number of benzene rings is 3. The minimum atomic E-state index is -0.841. The molecule has 3 aliphatic rings. The number of nitrogens with zero attached hydrogens (tertiary/aromatic N) is 2. The second-order valence-corrected chi connectivity index (χ2v) is 14.8. The topological polar surface area (TPSA) is 102 Å². The van der Waals surface area contributed by atoms with Crippen molar-refractivity contribution < 1.29 is 19.5 Å². The van der Waals surface area contributed by atoms with E-state index in [1.165, 1.54) is 0 Å². The Kier molecular flexibility index (Phi) is 9.17. The Morgan fingerprint density at radius 3 is 2.17 bits per heavy atom. The summed E-state index contributed by atoms with van der Waals surface area (Å²) in [5.41, 5.74) is 3.68. The van der Waals surface area contributed by atoms with Crippen LogP contribution in [0.2, 0.25) is 0 Å². The van der Waals surface area contributed by atoms with E-state index in [9.17, 15) is 19.5 Å². The smallest absolute Gasteiger partial charge is 0.248 e. The average molecular weight is 641 g/mol. The van der Waals surface area contributed by atoms with Gasteiger partial charge in [0.15, 0.2) is 0 Å². The van der Waals surface area contributed by atoms with Crippen molar-refractivity contribution >= 4 is 40.9 Å².